The lowest BCUT2D eigenvalue weighted by Crippen LogP contribution is -2.32. The fourth-order valence-corrected chi connectivity index (χ4v) is 4.12. The van der Waals surface area contributed by atoms with E-state index in [4.69, 9.17) is 14.6 Å². The number of halogens is 3. The molecule has 1 atom stereocenters. The van der Waals surface area contributed by atoms with E-state index >= 15 is 0 Å². The van der Waals surface area contributed by atoms with Gasteiger partial charge in [0.15, 0.2) is 18.1 Å². The summed E-state index contributed by atoms with van der Waals surface area (Å²) in [6, 6.07) is 12.8. The molecule has 0 bridgehead atoms. The lowest BCUT2D eigenvalue weighted by Gasteiger charge is -2.21. The average molecular weight is 538 g/mol. The minimum Gasteiger partial charge on any atom is -0.488 e. The molecular weight excluding hydrogens is 495 g/mol. The second kappa shape index (κ2) is 17.5. The van der Waals surface area contributed by atoms with E-state index in [0.717, 1.165) is 42.7 Å². The monoisotopic (exact) mass is 537 g/mol. The lowest BCUT2D eigenvalue weighted by atomic mass is 9.99. The molecule has 38 heavy (non-hydrogen) atoms. The standard InChI is InChI=1S/C25H30F3N3O3.2C2H6/c1-18(30-8-12-33-22-5-2-3-6-23(22)34-17-25(26,27)28)13-19-14-20-7-10-31(9-4-11-32)24(20)21(15-19)16-29;2*1-2/h2-3,5-6,14-15,18,30,32H,4,7-13,17H2,1H3;2*1-2H3. The van der Waals surface area contributed by atoms with Crippen LogP contribution in [0.5, 0.6) is 11.5 Å². The highest BCUT2D eigenvalue weighted by Gasteiger charge is 2.29. The normalized spacial score (nSPS) is 12.8. The van der Waals surface area contributed by atoms with E-state index in [1.807, 2.05) is 40.7 Å². The summed E-state index contributed by atoms with van der Waals surface area (Å²) in [4.78, 5) is 2.17. The largest absolute Gasteiger partial charge is 0.488 e. The van der Waals surface area contributed by atoms with Gasteiger partial charge in [-0.25, -0.2) is 0 Å². The smallest absolute Gasteiger partial charge is 0.422 e. The number of hydrogen-bond acceptors (Lipinski definition) is 6. The van der Waals surface area contributed by atoms with E-state index < -0.39 is 12.8 Å². The number of rotatable bonds is 12. The predicted octanol–water partition coefficient (Wildman–Crippen LogP) is 5.90. The Balaban J connectivity index is 0.00000172. The number of hydrogen-bond donors (Lipinski definition) is 2. The van der Waals surface area contributed by atoms with Gasteiger partial charge in [0.25, 0.3) is 0 Å². The van der Waals surface area contributed by atoms with Crippen molar-refractivity contribution in [3.05, 3.63) is 53.1 Å². The zero-order valence-electron chi connectivity index (χ0n) is 23.2. The second-order valence-corrected chi connectivity index (χ2v) is 8.34. The van der Waals surface area contributed by atoms with E-state index in [0.29, 0.717) is 18.5 Å². The van der Waals surface area contributed by atoms with Crippen molar-refractivity contribution in [3.8, 4) is 17.6 Å². The summed E-state index contributed by atoms with van der Waals surface area (Å²) in [6.45, 7) is 11.2. The number of ether oxygens (including phenoxy) is 2. The minimum atomic E-state index is -4.41. The van der Waals surface area contributed by atoms with Gasteiger partial charge in [0, 0.05) is 32.3 Å². The Hall–Kier alpha value is -2.96. The Morgan fingerprint density at radius 3 is 2.37 bits per heavy atom. The summed E-state index contributed by atoms with van der Waals surface area (Å²) >= 11 is 0. The Bertz CT molecular complexity index is 993. The van der Waals surface area contributed by atoms with Crippen molar-refractivity contribution in [1.82, 2.24) is 5.32 Å². The van der Waals surface area contributed by atoms with Crippen LogP contribution < -0.4 is 19.7 Å². The quantitative estimate of drug-likeness (QED) is 0.329. The van der Waals surface area contributed by atoms with Crippen LogP contribution in [0.15, 0.2) is 36.4 Å². The Morgan fingerprint density at radius 1 is 1.11 bits per heavy atom. The third-order valence-electron chi connectivity index (χ3n) is 5.56. The molecule has 0 spiro atoms. The van der Waals surface area contributed by atoms with Crippen LogP contribution in [0.2, 0.25) is 0 Å². The number of benzene rings is 2. The van der Waals surface area contributed by atoms with Gasteiger partial charge in [-0.05, 0) is 55.5 Å². The van der Waals surface area contributed by atoms with Gasteiger partial charge < -0.3 is 24.8 Å². The van der Waals surface area contributed by atoms with Gasteiger partial charge >= 0.3 is 6.18 Å². The van der Waals surface area contributed by atoms with E-state index in [2.05, 4.69) is 22.4 Å². The molecule has 2 N–H and O–H groups in total. The van der Waals surface area contributed by atoms with E-state index in [1.54, 1.807) is 18.2 Å². The third-order valence-corrected chi connectivity index (χ3v) is 5.56. The first-order valence-electron chi connectivity index (χ1n) is 13.4. The van der Waals surface area contributed by atoms with E-state index in [1.165, 1.54) is 6.07 Å². The Labute approximate surface area is 225 Å². The molecule has 1 heterocycles. The van der Waals surface area contributed by atoms with Crippen molar-refractivity contribution in [2.24, 2.45) is 0 Å². The molecule has 0 aliphatic carbocycles. The Kier molecular flexibility index (Phi) is 15.3. The molecule has 6 nitrogen and oxygen atoms in total. The summed E-state index contributed by atoms with van der Waals surface area (Å²) in [5, 5.41) is 22.1. The predicted molar refractivity (Wildman–Crippen MR) is 146 cm³/mol. The third kappa shape index (κ3) is 10.8. The average Bonchev–Trinajstić information content (AvgIpc) is 3.33. The van der Waals surface area contributed by atoms with Crippen LogP contribution in [-0.2, 0) is 12.8 Å². The summed E-state index contributed by atoms with van der Waals surface area (Å²) < 4.78 is 47.8. The lowest BCUT2D eigenvalue weighted by molar-refractivity contribution is -0.153. The maximum atomic E-state index is 12.4. The molecule has 0 aromatic heterocycles. The maximum Gasteiger partial charge on any atom is 0.422 e. The molecule has 2 aromatic carbocycles. The molecule has 1 aliphatic heterocycles. The number of aliphatic hydroxyl groups is 1. The van der Waals surface area contributed by atoms with E-state index in [9.17, 15) is 18.4 Å². The molecular formula is C29H42F3N3O3. The van der Waals surface area contributed by atoms with Gasteiger partial charge in [-0.15, -0.1) is 0 Å². The number of alkyl halides is 3. The van der Waals surface area contributed by atoms with Gasteiger partial charge in [0.1, 0.15) is 12.7 Å². The summed E-state index contributed by atoms with van der Waals surface area (Å²) in [5.74, 6) is 0.326. The summed E-state index contributed by atoms with van der Waals surface area (Å²) in [5.41, 5.74) is 3.89. The first kappa shape index (κ1) is 33.1. The number of nitrogens with one attached hydrogen (secondary N) is 1. The molecule has 0 amide bonds. The topological polar surface area (TPSA) is 77.8 Å². The second-order valence-electron chi connectivity index (χ2n) is 8.34. The van der Waals surface area contributed by atoms with Gasteiger partial charge in [0.2, 0.25) is 0 Å². The zero-order valence-corrected chi connectivity index (χ0v) is 23.2. The molecule has 1 unspecified atom stereocenters. The molecule has 0 radical (unpaired) electrons. The number of nitriles is 1. The molecule has 0 saturated carbocycles. The van der Waals surface area contributed by atoms with Crippen molar-refractivity contribution >= 4 is 5.69 Å². The van der Waals surface area contributed by atoms with Crippen LogP contribution >= 0.6 is 0 Å². The van der Waals surface area contributed by atoms with Gasteiger partial charge in [-0.3, -0.25) is 0 Å². The van der Waals surface area contributed by atoms with Gasteiger partial charge in [-0.2, -0.15) is 18.4 Å². The van der Waals surface area contributed by atoms with Crippen molar-refractivity contribution in [2.45, 2.75) is 66.1 Å². The van der Waals surface area contributed by atoms with Crippen LogP contribution in [0.1, 0.15) is 57.7 Å². The highest BCUT2D eigenvalue weighted by Crippen LogP contribution is 2.33. The number of fused-ring (bicyclic) bond motifs is 1. The van der Waals surface area contributed by atoms with Crippen LogP contribution in [-0.4, -0.2) is 56.8 Å². The molecule has 0 saturated heterocycles. The highest BCUT2D eigenvalue weighted by atomic mass is 19.4. The molecule has 3 rings (SSSR count). The molecule has 2 aromatic rings. The summed E-state index contributed by atoms with van der Waals surface area (Å²) in [7, 11) is 0. The number of nitrogens with zero attached hydrogens (tertiary/aromatic N) is 2. The summed E-state index contributed by atoms with van der Waals surface area (Å²) in [6.07, 6.45) is -2.13. The zero-order chi connectivity index (χ0) is 28.6. The first-order chi connectivity index (χ1) is 18.3. The molecule has 1 aliphatic rings. The molecule has 9 heteroatoms. The van der Waals surface area contributed by atoms with Crippen molar-refractivity contribution in [2.75, 3.05) is 44.4 Å². The van der Waals surface area contributed by atoms with Gasteiger partial charge in [0.05, 0.1) is 11.3 Å². The van der Waals surface area contributed by atoms with E-state index in [-0.39, 0.29) is 30.8 Å². The van der Waals surface area contributed by atoms with Crippen LogP contribution in [0, 0.1) is 11.3 Å². The van der Waals surface area contributed by atoms with Crippen molar-refractivity contribution < 1.29 is 27.8 Å². The van der Waals surface area contributed by atoms with Gasteiger partial charge in [-0.1, -0.05) is 45.9 Å². The molecule has 0 fully saturated rings. The number of anilines is 1. The van der Waals surface area contributed by atoms with Crippen molar-refractivity contribution in [1.29, 1.82) is 5.26 Å². The SMILES string of the molecule is CC.CC.CC(Cc1cc(C#N)c2c(c1)CCN2CCCO)NCCOc1ccccc1OCC(F)(F)F. The highest BCUT2D eigenvalue weighted by molar-refractivity contribution is 5.68. The van der Waals surface area contributed by atoms with Crippen LogP contribution in [0.4, 0.5) is 18.9 Å². The maximum absolute atomic E-state index is 12.4. The fourth-order valence-electron chi connectivity index (χ4n) is 4.12. The van der Waals surface area contributed by atoms with Crippen LogP contribution in [0.25, 0.3) is 0 Å². The Morgan fingerprint density at radius 2 is 1.76 bits per heavy atom. The van der Waals surface area contributed by atoms with Crippen molar-refractivity contribution in [3.63, 3.8) is 0 Å². The minimum absolute atomic E-state index is 0.0584. The number of aliphatic hydroxyl groups excluding tert-OH is 1. The molecule has 212 valence electrons. The number of para-hydroxylation sites is 2. The first-order valence-corrected chi connectivity index (χ1v) is 13.4. The fraction of sp³-hybridized carbons (Fsp3) is 0.552. The van der Waals surface area contributed by atoms with Crippen LogP contribution in [0.3, 0.4) is 0 Å².